The molecule has 7 nitrogen and oxygen atoms in total. The SMILES string of the molecule is C=Cc1cc(CC(N)C(=O)O)ccc1NS(N)(=O)=O. The van der Waals surface area contributed by atoms with Crippen molar-refractivity contribution in [2.24, 2.45) is 10.9 Å². The van der Waals surface area contributed by atoms with Crippen LogP contribution in [-0.4, -0.2) is 25.5 Å². The van der Waals surface area contributed by atoms with E-state index in [9.17, 15) is 13.2 Å². The van der Waals surface area contributed by atoms with E-state index in [4.69, 9.17) is 16.0 Å². The normalized spacial score (nSPS) is 12.7. The largest absolute Gasteiger partial charge is 0.480 e. The predicted molar refractivity (Wildman–Crippen MR) is 72.6 cm³/mol. The lowest BCUT2D eigenvalue weighted by molar-refractivity contribution is -0.138. The molecule has 0 aliphatic heterocycles. The topological polar surface area (TPSA) is 136 Å². The highest BCUT2D eigenvalue weighted by atomic mass is 32.2. The first-order chi connectivity index (χ1) is 8.73. The van der Waals surface area contributed by atoms with Crippen molar-refractivity contribution in [3.63, 3.8) is 0 Å². The Labute approximate surface area is 111 Å². The van der Waals surface area contributed by atoms with E-state index in [-0.39, 0.29) is 12.1 Å². The van der Waals surface area contributed by atoms with Crippen LogP contribution >= 0.6 is 0 Å². The lowest BCUT2D eigenvalue weighted by atomic mass is 10.0. The summed E-state index contributed by atoms with van der Waals surface area (Å²) in [6.07, 6.45) is 1.56. The molecular weight excluding hydrogens is 270 g/mol. The highest BCUT2D eigenvalue weighted by Gasteiger charge is 2.13. The maximum Gasteiger partial charge on any atom is 0.320 e. The monoisotopic (exact) mass is 285 g/mol. The molecular formula is C11H15N3O4S. The van der Waals surface area contributed by atoms with E-state index >= 15 is 0 Å². The number of benzene rings is 1. The van der Waals surface area contributed by atoms with E-state index in [1.54, 1.807) is 12.1 Å². The molecule has 8 heteroatoms. The number of aliphatic carboxylic acids is 1. The van der Waals surface area contributed by atoms with Crippen LogP contribution < -0.4 is 15.6 Å². The third kappa shape index (κ3) is 4.70. The van der Waals surface area contributed by atoms with Crippen LogP contribution in [0.4, 0.5) is 5.69 Å². The number of hydrogen-bond acceptors (Lipinski definition) is 4. The first-order valence-corrected chi connectivity index (χ1v) is 6.82. The van der Waals surface area contributed by atoms with Crippen LogP contribution in [-0.2, 0) is 21.4 Å². The lowest BCUT2D eigenvalue weighted by Gasteiger charge is -2.11. The quantitative estimate of drug-likeness (QED) is 0.578. The number of anilines is 1. The molecule has 1 aromatic carbocycles. The zero-order valence-electron chi connectivity index (χ0n) is 10.0. The smallest absolute Gasteiger partial charge is 0.320 e. The van der Waals surface area contributed by atoms with Crippen LogP contribution in [0.5, 0.6) is 0 Å². The molecule has 6 N–H and O–H groups in total. The Hall–Kier alpha value is -1.90. The number of carboxylic acid groups (broad SMARTS) is 1. The molecule has 1 atom stereocenters. The average Bonchev–Trinajstić information content (AvgIpc) is 2.29. The molecule has 104 valence electrons. The zero-order valence-corrected chi connectivity index (χ0v) is 10.9. The molecule has 0 bridgehead atoms. The fourth-order valence-corrected chi connectivity index (χ4v) is 1.99. The van der Waals surface area contributed by atoms with Crippen molar-refractivity contribution in [1.82, 2.24) is 0 Å². The fourth-order valence-electron chi connectivity index (χ4n) is 1.50. The highest BCUT2D eigenvalue weighted by molar-refractivity contribution is 7.90. The van der Waals surface area contributed by atoms with Crippen LogP contribution in [0.3, 0.4) is 0 Å². The molecule has 0 fully saturated rings. The van der Waals surface area contributed by atoms with Crippen molar-refractivity contribution in [2.75, 3.05) is 4.72 Å². The summed E-state index contributed by atoms with van der Waals surface area (Å²) < 4.78 is 24.0. The zero-order chi connectivity index (χ0) is 14.6. The van der Waals surface area contributed by atoms with E-state index in [2.05, 4.69) is 11.3 Å². The summed E-state index contributed by atoms with van der Waals surface area (Å²) in [5, 5.41) is 13.6. The van der Waals surface area contributed by atoms with E-state index in [1.165, 1.54) is 12.1 Å². The molecule has 0 amide bonds. The fraction of sp³-hybridized carbons (Fsp3) is 0.182. The molecule has 0 aliphatic carbocycles. The first-order valence-electron chi connectivity index (χ1n) is 5.27. The van der Waals surface area contributed by atoms with Crippen molar-refractivity contribution in [2.45, 2.75) is 12.5 Å². The van der Waals surface area contributed by atoms with Gasteiger partial charge in [-0.25, -0.2) is 5.14 Å². The summed E-state index contributed by atoms with van der Waals surface area (Å²) in [6.45, 7) is 3.55. The van der Waals surface area contributed by atoms with E-state index < -0.39 is 22.2 Å². The third-order valence-electron chi connectivity index (χ3n) is 2.36. The van der Waals surface area contributed by atoms with Gasteiger partial charge in [-0.2, -0.15) is 8.42 Å². The molecule has 0 saturated carbocycles. The van der Waals surface area contributed by atoms with Gasteiger partial charge in [0.15, 0.2) is 0 Å². The van der Waals surface area contributed by atoms with Crippen LogP contribution in [0.15, 0.2) is 24.8 Å². The van der Waals surface area contributed by atoms with Gasteiger partial charge in [-0.15, -0.1) is 0 Å². The van der Waals surface area contributed by atoms with Crippen LogP contribution in [0.25, 0.3) is 6.08 Å². The molecule has 0 saturated heterocycles. The summed E-state index contributed by atoms with van der Waals surface area (Å²) in [6, 6.07) is 3.63. The Kier molecular flexibility index (Phi) is 4.65. The molecule has 19 heavy (non-hydrogen) atoms. The second kappa shape index (κ2) is 5.83. The van der Waals surface area contributed by atoms with Gasteiger partial charge in [-0.1, -0.05) is 18.7 Å². The van der Waals surface area contributed by atoms with Gasteiger partial charge in [0.05, 0.1) is 5.69 Å². The van der Waals surface area contributed by atoms with Gasteiger partial charge in [0.25, 0.3) is 10.2 Å². The molecule has 0 heterocycles. The van der Waals surface area contributed by atoms with Crippen LogP contribution in [0, 0.1) is 0 Å². The minimum Gasteiger partial charge on any atom is -0.480 e. The van der Waals surface area contributed by atoms with E-state index in [0.717, 1.165) is 0 Å². The van der Waals surface area contributed by atoms with Crippen molar-refractivity contribution in [1.29, 1.82) is 0 Å². The Balaban J connectivity index is 3.02. The highest BCUT2D eigenvalue weighted by Crippen LogP contribution is 2.20. The van der Waals surface area contributed by atoms with Crippen molar-refractivity contribution in [3.05, 3.63) is 35.9 Å². The van der Waals surface area contributed by atoms with Gasteiger partial charge in [-0.3, -0.25) is 9.52 Å². The maximum absolute atomic E-state index is 11.0. The summed E-state index contributed by atoms with van der Waals surface area (Å²) in [5.41, 5.74) is 6.84. The number of nitrogens with one attached hydrogen (secondary N) is 1. The van der Waals surface area contributed by atoms with Crippen molar-refractivity contribution >= 4 is 27.9 Å². The van der Waals surface area contributed by atoms with Crippen LogP contribution in [0.1, 0.15) is 11.1 Å². The number of rotatable bonds is 6. The maximum atomic E-state index is 11.0. The Morgan fingerprint density at radius 3 is 2.63 bits per heavy atom. The Morgan fingerprint density at radius 2 is 2.16 bits per heavy atom. The predicted octanol–water partition coefficient (Wildman–Crippen LogP) is -0.101. The number of carbonyl (C=O) groups is 1. The lowest BCUT2D eigenvalue weighted by Crippen LogP contribution is -2.32. The first kappa shape index (κ1) is 15.2. The summed E-state index contributed by atoms with van der Waals surface area (Å²) in [7, 11) is -3.88. The molecule has 0 aliphatic rings. The average molecular weight is 285 g/mol. The standard InChI is InChI=1S/C11H15N3O4S/c1-2-8-5-7(6-9(12)11(15)16)3-4-10(8)14-19(13,17)18/h2-5,9,14H,1,6,12H2,(H,15,16)(H2,13,17,18). The molecule has 1 unspecified atom stereocenters. The summed E-state index contributed by atoms with van der Waals surface area (Å²) >= 11 is 0. The number of carboxylic acids is 1. The Morgan fingerprint density at radius 1 is 1.53 bits per heavy atom. The molecule has 0 radical (unpaired) electrons. The van der Waals surface area contributed by atoms with E-state index in [1.807, 2.05) is 0 Å². The van der Waals surface area contributed by atoms with Crippen molar-refractivity contribution in [3.8, 4) is 0 Å². The van der Waals surface area contributed by atoms with Crippen molar-refractivity contribution < 1.29 is 18.3 Å². The van der Waals surface area contributed by atoms with Crippen LogP contribution in [0.2, 0.25) is 0 Å². The minimum atomic E-state index is -3.88. The molecule has 0 spiro atoms. The van der Waals surface area contributed by atoms with Gasteiger partial charge < -0.3 is 10.8 Å². The molecule has 0 aromatic heterocycles. The summed E-state index contributed by atoms with van der Waals surface area (Å²) in [5.74, 6) is -1.10. The van der Waals surface area contributed by atoms with Gasteiger partial charge in [0.1, 0.15) is 6.04 Å². The minimum absolute atomic E-state index is 0.131. The second-order valence-corrected chi connectivity index (χ2v) is 5.22. The van der Waals surface area contributed by atoms with Gasteiger partial charge >= 0.3 is 5.97 Å². The molecule has 1 rings (SSSR count). The number of hydrogen-bond donors (Lipinski definition) is 4. The van der Waals surface area contributed by atoms with E-state index in [0.29, 0.717) is 11.1 Å². The van der Waals surface area contributed by atoms with Gasteiger partial charge in [0.2, 0.25) is 0 Å². The number of nitrogens with two attached hydrogens (primary N) is 2. The second-order valence-electron chi connectivity index (χ2n) is 3.92. The van der Waals surface area contributed by atoms with Gasteiger partial charge in [0, 0.05) is 0 Å². The van der Waals surface area contributed by atoms with Gasteiger partial charge in [-0.05, 0) is 29.7 Å². The Bertz CT molecular complexity index is 598. The third-order valence-corrected chi connectivity index (χ3v) is 2.87. The summed E-state index contributed by atoms with van der Waals surface area (Å²) in [4.78, 5) is 10.7. The molecule has 1 aromatic rings.